The standard InChI is InChI=1S/C26H42N4O5S/c1-20-15-24(34-4)16-21(2)26(20)36(32,33)30-14-13-27(3)17-23(30)18-35-19-25(31)29-11-7-22(8-12-29)28-9-5-6-10-28/h15-16,22-23H,5-14,17-19H2,1-4H3. The lowest BCUT2D eigenvalue weighted by Gasteiger charge is -2.39. The molecule has 0 aromatic heterocycles. The second kappa shape index (κ2) is 11.8. The highest BCUT2D eigenvalue weighted by atomic mass is 32.2. The fourth-order valence-electron chi connectivity index (χ4n) is 5.96. The molecule has 3 aliphatic heterocycles. The Hall–Kier alpha value is -1.72. The Morgan fingerprint density at radius 1 is 1.00 bits per heavy atom. The van der Waals surface area contributed by atoms with Crippen LogP contribution in [0.2, 0.25) is 0 Å². The zero-order valence-corrected chi connectivity index (χ0v) is 23.1. The zero-order valence-electron chi connectivity index (χ0n) is 22.2. The van der Waals surface area contributed by atoms with E-state index < -0.39 is 10.0 Å². The van der Waals surface area contributed by atoms with Gasteiger partial charge in [-0.15, -0.1) is 0 Å². The molecule has 3 heterocycles. The number of carbonyl (C=O) groups excluding carboxylic acids is 1. The highest BCUT2D eigenvalue weighted by molar-refractivity contribution is 7.89. The number of piperazine rings is 1. The Labute approximate surface area is 216 Å². The molecule has 10 heteroatoms. The highest BCUT2D eigenvalue weighted by Crippen LogP contribution is 2.30. The number of carbonyl (C=O) groups is 1. The maximum atomic E-state index is 13.8. The second-order valence-corrected chi connectivity index (χ2v) is 12.3. The number of hydrogen-bond acceptors (Lipinski definition) is 7. The predicted molar refractivity (Wildman–Crippen MR) is 139 cm³/mol. The molecule has 0 bridgehead atoms. The fraction of sp³-hybridized carbons (Fsp3) is 0.731. The molecule has 1 unspecified atom stereocenters. The number of hydrogen-bond donors (Lipinski definition) is 0. The van der Waals surface area contributed by atoms with Crippen molar-refractivity contribution >= 4 is 15.9 Å². The van der Waals surface area contributed by atoms with E-state index >= 15 is 0 Å². The molecule has 0 N–H and O–H groups in total. The SMILES string of the molecule is COc1cc(C)c(S(=O)(=O)N2CCN(C)CC2COCC(=O)N2CCC(N3CCCC3)CC2)c(C)c1. The molecule has 0 aliphatic carbocycles. The lowest BCUT2D eigenvalue weighted by Crippen LogP contribution is -2.56. The van der Waals surface area contributed by atoms with Crippen LogP contribution in [0.1, 0.15) is 36.8 Å². The van der Waals surface area contributed by atoms with Crippen molar-refractivity contribution in [2.75, 3.05) is 73.2 Å². The molecule has 36 heavy (non-hydrogen) atoms. The molecule has 0 saturated carbocycles. The van der Waals surface area contributed by atoms with Gasteiger partial charge >= 0.3 is 0 Å². The number of benzene rings is 1. The van der Waals surface area contributed by atoms with E-state index in [4.69, 9.17) is 9.47 Å². The Kier molecular flexibility index (Phi) is 8.93. The third kappa shape index (κ3) is 6.05. The first-order valence-corrected chi connectivity index (χ1v) is 14.6. The Balaban J connectivity index is 1.35. The van der Waals surface area contributed by atoms with Crippen LogP contribution in [0.25, 0.3) is 0 Å². The average Bonchev–Trinajstić information content (AvgIpc) is 3.38. The van der Waals surface area contributed by atoms with Crippen LogP contribution in [-0.2, 0) is 19.6 Å². The first kappa shape index (κ1) is 27.3. The van der Waals surface area contributed by atoms with E-state index in [1.54, 1.807) is 37.4 Å². The zero-order chi connectivity index (χ0) is 25.9. The number of rotatable bonds is 8. The molecule has 3 aliphatic rings. The summed E-state index contributed by atoms with van der Waals surface area (Å²) in [5.74, 6) is 0.639. The number of ether oxygens (including phenoxy) is 2. The molecule has 0 radical (unpaired) electrons. The fourth-order valence-corrected chi connectivity index (χ4v) is 7.97. The van der Waals surface area contributed by atoms with Gasteiger partial charge in [-0.2, -0.15) is 4.31 Å². The van der Waals surface area contributed by atoms with Crippen molar-refractivity contribution < 1.29 is 22.7 Å². The minimum Gasteiger partial charge on any atom is -0.497 e. The van der Waals surface area contributed by atoms with Gasteiger partial charge in [0.15, 0.2) is 0 Å². The number of methoxy groups -OCH3 is 1. The van der Waals surface area contributed by atoms with E-state index in [0.717, 1.165) is 25.9 Å². The first-order valence-electron chi connectivity index (χ1n) is 13.2. The quantitative estimate of drug-likeness (QED) is 0.514. The lowest BCUT2D eigenvalue weighted by molar-refractivity contribution is -0.138. The minimum absolute atomic E-state index is 0.00436. The average molecular weight is 523 g/mol. The Bertz CT molecular complexity index is 996. The molecule has 1 atom stereocenters. The van der Waals surface area contributed by atoms with Gasteiger partial charge in [0.25, 0.3) is 0 Å². The third-order valence-electron chi connectivity index (χ3n) is 7.88. The number of aryl methyl sites for hydroxylation is 2. The van der Waals surface area contributed by atoms with E-state index in [1.165, 1.54) is 25.9 Å². The number of piperidine rings is 1. The van der Waals surface area contributed by atoms with Gasteiger partial charge in [0.2, 0.25) is 15.9 Å². The van der Waals surface area contributed by atoms with Crippen LogP contribution in [0.3, 0.4) is 0 Å². The second-order valence-electron chi connectivity index (χ2n) is 10.5. The molecule has 4 rings (SSSR count). The Morgan fingerprint density at radius 2 is 1.64 bits per heavy atom. The van der Waals surface area contributed by atoms with Crippen LogP contribution in [0.15, 0.2) is 17.0 Å². The number of likely N-dealkylation sites (tertiary alicyclic amines) is 2. The highest BCUT2D eigenvalue weighted by Gasteiger charge is 2.37. The van der Waals surface area contributed by atoms with Crippen molar-refractivity contribution in [2.24, 2.45) is 0 Å². The number of nitrogens with zero attached hydrogens (tertiary/aromatic N) is 4. The third-order valence-corrected chi connectivity index (χ3v) is 10.1. The summed E-state index contributed by atoms with van der Waals surface area (Å²) in [6, 6.07) is 3.75. The molecular weight excluding hydrogens is 480 g/mol. The molecule has 1 aromatic rings. The smallest absolute Gasteiger partial charge is 0.248 e. The number of likely N-dealkylation sites (N-methyl/N-ethyl adjacent to an activating group) is 1. The molecule has 1 aromatic carbocycles. The van der Waals surface area contributed by atoms with Gasteiger partial charge in [-0.05, 0) is 82.9 Å². The summed E-state index contributed by atoms with van der Waals surface area (Å²) in [7, 11) is -0.176. The van der Waals surface area contributed by atoms with Crippen molar-refractivity contribution in [3.05, 3.63) is 23.3 Å². The molecule has 9 nitrogen and oxygen atoms in total. The van der Waals surface area contributed by atoms with Gasteiger partial charge in [-0.3, -0.25) is 4.79 Å². The van der Waals surface area contributed by atoms with Gasteiger partial charge in [0, 0.05) is 38.8 Å². The lowest BCUT2D eigenvalue weighted by atomic mass is 10.0. The van der Waals surface area contributed by atoms with Gasteiger partial charge < -0.3 is 24.2 Å². The van der Waals surface area contributed by atoms with Crippen LogP contribution >= 0.6 is 0 Å². The predicted octanol–water partition coefficient (Wildman–Crippen LogP) is 1.72. The van der Waals surface area contributed by atoms with Crippen LogP contribution < -0.4 is 4.74 Å². The minimum atomic E-state index is -3.74. The summed E-state index contributed by atoms with van der Waals surface area (Å²) in [6.07, 6.45) is 4.61. The van der Waals surface area contributed by atoms with Crippen LogP contribution in [-0.4, -0.2) is 119 Å². The number of sulfonamides is 1. The van der Waals surface area contributed by atoms with Crippen molar-refractivity contribution in [3.63, 3.8) is 0 Å². The van der Waals surface area contributed by atoms with Gasteiger partial charge in [0.05, 0.1) is 24.7 Å². The van der Waals surface area contributed by atoms with Gasteiger partial charge in [-0.25, -0.2) is 8.42 Å². The van der Waals surface area contributed by atoms with E-state index in [-0.39, 0.29) is 25.2 Å². The van der Waals surface area contributed by atoms with Crippen LogP contribution in [0.4, 0.5) is 0 Å². The summed E-state index contributed by atoms with van der Waals surface area (Å²) >= 11 is 0. The largest absolute Gasteiger partial charge is 0.497 e. The molecule has 3 saturated heterocycles. The molecule has 1 amide bonds. The summed E-state index contributed by atoms with van der Waals surface area (Å²) in [5.41, 5.74) is 1.33. The summed E-state index contributed by atoms with van der Waals surface area (Å²) < 4.78 is 40.3. The first-order chi connectivity index (χ1) is 17.2. The van der Waals surface area contributed by atoms with Crippen molar-refractivity contribution in [1.82, 2.24) is 19.0 Å². The van der Waals surface area contributed by atoms with Crippen molar-refractivity contribution in [1.29, 1.82) is 0 Å². The van der Waals surface area contributed by atoms with Crippen molar-refractivity contribution in [2.45, 2.75) is 56.5 Å². The summed E-state index contributed by atoms with van der Waals surface area (Å²) in [4.78, 5) is 19.7. The van der Waals surface area contributed by atoms with Gasteiger partial charge in [0.1, 0.15) is 12.4 Å². The molecule has 202 valence electrons. The summed E-state index contributed by atoms with van der Waals surface area (Å²) in [6.45, 7) is 9.28. The van der Waals surface area contributed by atoms with Crippen molar-refractivity contribution in [3.8, 4) is 5.75 Å². The van der Waals surface area contributed by atoms with E-state index in [9.17, 15) is 13.2 Å². The maximum absolute atomic E-state index is 13.8. The summed E-state index contributed by atoms with van der Waals surface area (Å²) in [5, 5.41) is 0. The van der Waals surface area contributed by atoms with Crippen LogP contribution in [0.5, 0.6) is 5.75 Å². The topological polar surface area (TPSA) is 82.6 Å². The number of amides is 1. The van der Waals surface area contributed by atoms with E-state index in [1.807, 2.05) is 11.9 Å². The van der Waals surface area contributed by atoms with Gasteiger partial charge in [-0.1, -0.05) is 0 Å². The van der Waals surface area contributed by atoms with E-state index in [2.05, 4.69) is 9.80 Å². The molecule has 0 spiro atoms. The Morgan fingerprint density at radius 3 is 2.25 bits per heavy atom. The van der Waals surface area contributed by atoms with Crippen LogP contribution in [0, 0.1) is 13.8 Å². The molecular formula is C26H42N4O5S. The monoisotopic (exact) mass is 522 g/mol. The maximum Gasteiger partial charge on any atom is 0.248 e. The molecule has 3 fully saturated rings. The normalized spacial score (nSPS) is 23.3. The van der Waals surface area contributed by atoms with E-state index in [0.29, 0.717) is 47.4 Å².